The molecule has 0 radical (unpaired) electrons. The third-order valence-corrected chi connectivity index (χ3v) is 4.86. The van der Waals surface area contributed by atoms with Gasteiger partial charge in [0.2, 0.25) is 0 Å². The molecular formula is C18H26F2N4O. The Morgan fingerprint density at radius 3 is 2.60 bits per heavy atom. The van der Waals surface area contributed by atoms with Crippen LogP contribution in [0.2, 0.25) is 0 Å². The molecule has 0 aliphatic carbocycles. The Hall–Kier alpha value is -1.73. The summed E-state index contributed by atoms with van der Waals surface area (Å²) in [6.07, 6.45) is 1.67. The summed E-state index contributed by atoms with van der Waals surface area (Å²) in [6.45, 7) is 6.13. The molecule has 0 amide bonds. The zero-order valence-electron chi connectivity index (χ0n) is 14.7. The van der Waals surface area contributed by atoms with E-state index in [0.29, 0.717) is 24.6 Å². The second-order valence-corrected chi connectivity index (χ2v) is 6.54. The van der Waals surface area contributed by atoms with Crippen LogP contribution in [0.1, 0.15) is 12.0 Å². The average molecular weight is 352 g/mol. The summed E-state index contributed by atoms with van der Waals surface area (Å²) >= 11 is 0. The minimum absolute atomic E-state index is 0.535. The van der Waals surface area contributed by atoms with E-state index in [-0.39, 0.29) is 0 Å². The molecule has 7 heteroatoms. The molecular weight excluding hydrogens is 326 g/mol. The summed E-state index contributed by atoms with van der Waals surface area (Å²) in [5.41, 5.74) is 0.646. The summed E-state index contributed by atoms with van der Waals surface area (Å²) in [5, 5.41) is 3.31. The van der Waals surface area contributed by atoms with Crippen molar-refractivity contribution < 1.29 is 13.5 Å². The molecule has 2 saturated heterocycles. The van der Waals surface area contributed by atoms with Crippen LogP contribution in [0.25, 0.3) is 0 Å². The minimum atomic E-state index is -0.535. The molecule has 25 heavy (non-hydrogen) atoms. The Bertz CT molecular complexity index is 584. The lowest BCUT2D eigenvalue weighted by molar-refractivity contribution is 0.0195. The Balaban J connectivity index is 1.48. The van der Waals surface area contributed by atoms with Crippen molar-refractivity contribution in [3.8, 4) is 0 Å². The van der Waals surface area contributed by atoms with Gasteiger partial charge in [0.1, 0.15) is 11.6 Å². The Labute approximate surface area is 147 Å². The molecule has 2 fully saturated rings. The van der Waals surface area contributed by atoms with Crippen LogP contribution in [0.5, 0.6) is 0 Å². The van der Waals surface area contributed by atoms with E-state index in [9.17, 15) is 8.78 Å². The Kier molecular flexibility index (Phi) is 6.20. The molecule has 5 nitrogen and oxygen atoms in total. The summed E-state index contributed by atoms with van der Waals surface area (Å²) in [6, 6.07) is 4.18. The molecule has 2 aliphatic rings. The fourth-order valence-electron chi connectivity index (χ4n) is 3.58. The van der Waals surface area contributed by atoms with Crippen LogP contribution in [0.3, 0.4) is 0 Å². The molecule has 2 heterocycles. The second kappa shape index (κ2) is 8.58. The molecule has 1 unspecified atom stereocenters. The fraction of sp³-hybridized carbons (Fsp3) is 0.611. The first-order chi connectivity index (χ1) is 12.2. The van der Waals surface area contributed by atoms with E-state index in [0.717, 1.165) is 57.8 Å². The van der Waals surface area contributed by atoms with Crippen molar-refractivity contribution in [3.63, 3.8) is 0 Å². The summed E-state index contributed by atoms with van der Waals surface area (Å²) < 4.78 is 31.9. The number of benzene rings is 1. The van der Waals surface area contributed by atoms with Gasteiger partial charge in [0.05, 0.1) is 13.2 Å². The van der Waals surface area contributed by atoms with Gasteiger partial charge in [0.25, 0.3) is 0 Å². The Morgan fingerprint density at radius 1 is 1.20 bits per heavy atom. The highest BCUT2D eigenvalue weighted by Crippen LogP contribution is 2.17. The van der Waals surface area contributed by atoms with Gasteiger partial charge < -0.3 is 15.0 Å². The quantitative estimate of drug-likeness (QED) is 0.658. The summed E-state index contributed by atoms with van der Waals surface area (Å²) in [5.74, 6) is -0.216. The first-order valence-electron chi connectivity index (χ1n) is 8.88. The van der Waals surface area contributed by atoms with Gasteiger partial charge in [-0.05, 0) is 30.5 Å². The van der Waals surface area contributed by atoms with E-state index < -0.39 is 11.6 Å². The van der Waals surface area contributed by atoms with Crippen molar-refractivity contribution in [1.82, 2.24) is 15.1 Å². The van der Waals surface area contributed by atoms with Crippen molar-refractivity contribution in [3.05, 3.63) is 35.4 Å². The van der Waals surface area contributed by atoms with Gasteiger partial charge in [-0.1, -0.05) is 0 Å². The van der Waals surface area contributed by atoms with Gasteiger partial charge in [-0.3, -0.25) is 9.89 Å². The van der Waals surface area contributed by atoms with Crippen molar-refractivity contribution in [2.45, 2.75) is 18.9 Å². The second-order valence-electron chi connectivity index (χ2n) is 6.54. The van der Waals surface area contributed by atoms with Crippen LogP contribution >= 0.6 is 0 Å². The number of ether oxygens (including phenoxy) is 1. The average Bonchev–Trinajstić information content (AvgIpc) is 3.08. The topological polar surface area (TPSA) is 40.1 Å². The van der Waals surface area contributed by atoms with Crippen LogP contribution in [0, 0.1) is 11.6 Å². The number of likely N-dealkylation sites (tertiary alicyclic amines) is 1. The molecule has 1 aromatic rings. The van der Waals surface area contributed by atoms with E-state index in [1.807, 2.05) is 0 Å². The van der Waals surface area contributed by atoms with E-state index in [1.54, 1.807) is 7.05 Å². The summed E-state index contributed by atoms with van der Waals surface area (Å²) in [4.78, 5) is 9.10. The molecule has 0 aromatic heterocycles. The van der Waals surface area contributed by atoms with Crippen LogP contribution in [-0.2, 0) is 11.2 Å². The monoisotopic (exact) mass is 352 g/mol. The predicted octanol–water partition coefficient (Wildman–Crippen LogP) is 1.49. The number of morpholine rings is 1. The number of nitrogens with one attached hydrogen (secondary N) is 1. The number of hydrogen-bond donors (Lipinski definition) is 1. The van der Waals surface area contributed by atoms with E-state index in [2.05, 4.69) is 20.1 Å². The van der Waals surface area contributed by atoms with Gasteiger partial charge >= 0.3 is 0 Å². The van der Waals surface area contributed by atoms with Gasteiger partial charge in [-0.25, -0.2) is 8.78 Å². The highest BCUT2D eigenvalue weighted by Gasteiger charge is 2.30. The first-order valence-corrected chi connectivity index (χ1v) is 8.88. The fourth-order valence-corrected chi connectivity index (χ4v) is 3.58. The normalized spacial score (nSPS) is 22.4. The zero-order valence-corrected chi connectivity index (χ0v) is 14.7. The van der Waals surface area contributed by atoms with Gasteiger partial charge in [0, 0.05) is 51.9 Å². The van der Waals surface area contributed by atoms with Crippen LogP contribution in [0.4, 0.5) is 8.78 Å². The molecule has 3 rings (SSSR count). The number of nitrogens with zero attached hydrogens (tertiary/aromatic N) is 3. The molecule has 1 aromatic carbocycles. The molecule has 2 aliphatic heterocycles. The van der Waals surface area contributed by atoms with E-state index >= 15 is 0 Å². The maximum atomic E-state index is 13.2. The minimum Gasteiger partial charge on any atom is -0.379 e. The molecule has 1 atom stereocenters. The lowest BCUT2D eigenvalue weighted by Gasteiger charge is -2.32. The standard InChI is InChI=1S/C18H26F2N4O/c1-21-18(22-4-2-14-10-15(19)12-16(20)11-14)24-5-3-17(13-24)23-6-8-25-9-7-23/h10-12,17H,2-9,13H2,1H3,(H,21,22). The highest BCUT2D eigenvalue weighted by molar-refractivity contribution is 5.80. The molecule has 0 spiro atoms. The lowest BCUT2D eigenvalue weighted by atomic mass is 10.1. The molecule has 0 bridgehead atoms. The zero-order chi connectivity index (χ0) is 17.6. The highest BCUT2D eigenvalue weighted by atomic mass is 19.1. The van der Waals surface area contributed by atoms with E-state index in [1.165, 1.54) is 12.1 Å². The predicted molar refractivity (Wildman–Crippen MR) is 93.8 cm³/mol. The largest absolute Gasteiger partial charge is 0.379 e. The number of hydrogen-bond acceptors (Lipinski definition) is 3. The SMILES string of the molecule is CN=C(NCCc1cc(F)cc(F)c1)N1CCC(N2CCOCC2)C1. The van der Waals surface area contributed by atoms with Crippen LogP contribution < -0.4 is 5.32 Å². The van der Waals surface area contributed by atoms with Crippen LogP contribution in [-0.4, -0.2) is 74.8 Å². The van der Waals surface area contributed by atoms with Crippen molar-refractivity contribution in [2.24, 2.45) is 4.99 Å². The van der Waals surface area contributed by atoms with Crippen LogP contribution in [0.15, 0.2) is 23.2 Å². The maximum Gasteiger partial charge on any atom is 0.193 e. The van der Waals surface area contributed by atoms with Gasteiger partial charge in [0.15, 0.2) is 5.96 Å². The van der Waals surface area contributed by atoms with Crippen molar-refractivity contribution in [1.29, 1.82) is 0 Å². The third-order valence-electron chi connectivity index (χ3n) is 4.86. The number of rotatable bonds is 4. The summed E-state index contributed by atoms with van der Waals surface area (Å²) in [7, 11) is 1.77. The third kappa shape index (κ3) is 4.89. The van der Waals surface area contributed by atoms with Crippen molar-refractivity contribution in [2.75, 3.05) is 53.0 Å². The molecule has 1 N–H and O–H groups in total. The number of guanidine groups is 1. The lowest BCUT2D eigenvalue weighted by Crippen LogP contribution is -2.46. The van der Waals surface area contributed by atoms with Crippen molar-refractivity contribution >= 4 is 5.96 Å². The maximum absolute atomic E-state index is 13.2. The van der Waals surface area contributed by atoms with E-state index in [4.69, 9.17) is 4.74 Å². The number of halogens is 2. The van der Waals surface area contributed by atoms with Gasteiger partial charge in [-0.2, -0.15) is 0 Å². The Morgan fingerprint density at radius 2 is 1.92 bits per heavy atom. The first kappa shape index (κ1) is 18.1. The molecule has 0 saturated carbocycles. The van der Waals surface area contributed by atoms with Gasteiger partial charge in [-0.15, -0.1) is 0 Å². The number of aliphatic imine (C=N–C) groups is 1. The molecule has 138 valence electrons. The smallest absolute Gasteiger partial charge is 0.193 e.